The van der Waals surface area contributed by atoms with Crippen molar-refractivity contribution in [3.63, 3.8) is 0 Å². The van der Waals surface area contributed by atoms with E-state index >= 15 is 0 Å². The lowest BCUT2D eigenvalue weighted by molar-refractivity contribution is 0.101. The highest BCUT2D eigenvalue weighted by atomic mass is 19.1. The van der Waals surface area contributed by atoms with Crippen molar-refractivity contribution in [3.8, 4) is 0 Å². The molecule has 110 valence electrons. The van der Waals surface area contributed by atoms with Gasteiger partial charge in [-0.2, -0.15) is 0 Å². The van der Waals surface area contributed by atoms with Crippen LogP contribution in [-0.2, 0) is 0 Å². The third kappa shape index (κ3) is 3.68. The van der Waals surface area contributed by atoms with E-state index in [9.17, 15) is 9.18 Å². The second-order valence-electron chi connectivity index (χ2n) is 6.16. The number of hydrogen-bond donors (Lipinski definition) is 0. The average molecular weight is 276 g/mol. The molecule has 0 bridgehead atoms. The fourth-order valence-electron chi connectivity index (χ4n) is 3.35. The molecule has 0 amide bonds. The summed E-state index contributed by atoms with van der Waals surface area (Å²) in [5.74, 6) is 0.788. The van der Waals surface area contributed by atoms with E-state index in [1.165, 1.54) is 39.0 Å². The summed E-state index contributed by atoms with van der Waals surface area (Å²) >= 11 is 0. The molecule has 0 atom stereocenters. The fraction of sp³-hybridized carbons (Fsp3) is 0.611. The SMILES string of the molecule is CCCCC1CCC(c2ccc(C(C)=O)c(F)c2)CC1. The average Bonchev–Trinajstić information content (AvgIpc) is 2.45. The summed E-state index contributed by atoms with van der Waals surface area (Å²) in [6.45, 7) is 3.65. The number of carbonyl (C=O) groups is 1. The van der Waals surface area contributed by atoms with E-state index in [1.807, 2.05) is 6.07 Å². The van der Waals surface area contributed by atoms with Gasteiger partial charge in [-0.05, 0) is 62.1 Å². The normalized spacial score (nSPS) is 22.8. The molecule has 1 fully saturated rings. The molecule has 0 aliphatic heterocycles. The number of Topliss-reactive ketones (excluding diaryl/α,β-unsaturated/α-hetero) is 1. The Balaban J connectivity index is 1.97. The maximum Gasteiger partial charge on any atom is 0.162 e. The lowest BCUT2D eigenvalue weighted by atomic mass is 9.77. The van der Waals surface area contributed by atoms with Gasteiger partial charge in [0, 0.05) is 0 Å². The first-order chi connectivity index (χ1) is 9.61. The zero-order chi connectivity index (χ0) is 14.5. The van der Waals surface area contributed by atoms with Crippen LogP contribution in [0.25, 0.3) is 0 Å². The fourth-order valence-corrected chi connectivity index (χ4v) is 3.35. The summed E-state index contributed by atoms with van der Waals surface area (Å²) in [6.07, 6.45) is 8.80. The predicted molar refractivity (Wildman–Crippen MR) is 80.6 cm³/mol. The van der Waals surface area contributed by atoms with Crippen LogP contribution >= 0.6 is 0 Å². The highest BCUT2D eigenvalue weighted by molar-refractivity contribution is 5.94. The summed E-state index contributed by atoms with van der Waals surface area (Å²) in [5, 5.41) is 0. The zero-order valence-corrected chi connectivity index (χ0v) is 12.6. The van der Waals surface area contributed by atoms with Gasteiger partial charge in [0.05, 0.1) is 5.56 Å². The summed E-state index contributed by atoms with van der Waals surface area (Å²) in [7, 11) is 0. The van der Waals surface area contributed by atoms with Gasteiger partial charge in [-0.1, -0.05) is 32.3 Å². The highest BCUT2D eigenvalue weighted by Crippen LogP contribution is 2.38. The van der Waals surface area contributed by atoms with Crippen molar-refractivity contribution < 1.29 is 9.18 Å². The molecule has 0 heterocycles. The first-order valence-corrected chi connectivity index (χ1v) is 7.92. The van der Waals surface area contributed by atoms with E-state index < -0.39 is 0 Å². The number of unbranched alkanes of at least 4 members (excludes halogenated alkanes) is 1. The van der Waals surface area contributed by atoms with Crippen LogP contribution in [0.3, 0.4) is 0 Å². The van der Waals surface area contributed by atoms with Crippen LogP contribution in [0, 0.1) is 11.7 Å². The molecule has 1 aromatic carbocycles. The lowest BCUT2D eigenvalue weighted by Crippen LogP contribution is -2.14. The minimum absolute atomic E-state index is 0.197. The highest BCUT2D eigenvalue weighted by Gasteiger charge is 2.22. The molecular weight excluding hydrogens is 251 g/mol. The molecule has 0 spiro atoms. The van der Waals surface area contributed by atoms with E-state index in [-0.39, 0.29) is 17.2 Å². The lowest BCUT2D eigenvalue weighted by Gasteiger charge is -2.29. The second-order valence-corrected chi connectivity index (χ2v) is 6.16. The van der Waals surface area contributed by atoms with E-state index in [1.54, 1.807) is 12.1 Å². The van der Waals surface area contributed by atoms with E-state index in [4.69, 9.17) is 0 Å². The smallest absolute Gasteiger partial charge is 0.162 e. The van der Waals surface area contributed by atoms with Crippen molar-refractivity contribution >= 4 is 5.78 Å². The van der Waals surface area contributed by atoms with E-state index in [2.05, 4.69) is 6.92 Å². The van der Waals surface area contributed by atoms with Crippen molar-refractivity contribution in [1.82, 2.24) is 0 Å². The Labute approximate surface area is 121 Å². The molecule has 2 rings (SSSR count). The Morgan fingerprint density at radius 3 is 2.50 bits per heavy atom. The Morgan fingerprint density at radius 1 is 1.25 bits per heavy atom. The molecule has 2 heteroatoms. The molecule has 1 aliphatic rings. The van der Waals surface area contributed by atoms with Crippen LogP contribution in [-0.4, -0.2) is 5.78 Å². The molecule has 0 aromatic heterocycles. The van der Waals surface area contributed by atoms with Crippen molar-refractivity contribution in [2.45, 2.75) is 64.7 Å². The van der Waals surface area contributed by atoms with Crippen LogP contribution in [0.5, 0.6) is 0 Å². The standard InChI is InChI=1S/C18H25FO/c1-3-4-5-14-6-8-15(9-7-14)16-10-11-17(13(2)20)18(19)12-16/h10-12,14-15H,3-9H2,1-2H3. The minimum Gasteiger partial charge on any atom is -0.294 e. The number of carbonyl (C=O) groups excluding carboxylic acids is 1. The van der Waals surface area contributed by atoms with Crippen molar-refractivity contribution in [2.24, 2.45) is 5.92 Å². The largest absolute Gasteiger partial charge is 0.294 e. The van der Waals surface area contributed by atoms with Crippen LogP contribution in [0.1, 0.15) is 80.6 Å². The zero-order valence-electron chi connectivity index (χ0n) is 12.6. The Morgan fingerprint density at radius 2 is 1.95 bits per heavy atom. The number of benzene rings is 1. The summed E-state index contributed by atoms with van der Waals surface area (Å²) in [4.78, 5) is 11.3. The van der Waals surface area contributed by atoms with Gasteiger partial charge in [0.15, 0.2) is 5.78 Å². The Bertz CT molecular complexity index is 458. The van der Waals surface area contributed by atoms with Crippen LogP contribution in [0.15, 0.2) is 18.2 Å². The van der Waals surface area contributed by atoms with Crippen LogP contribution < -0.4 is 0 Å². The molecule has 0 unspecified atom stereocenters. The molecule has 0 N–H and O–H groups in total. The van der Waals surface area contributed by atoms with Gasteiger partial charge < -0.3 is 0 Å². The number of hydrogen-bond acceptors (Lipinski definition) is 1. The molecule has 1 aliphatic carbocycles. The first-order valence-electron chi connectivity index (χ1n) is 7.92. The molecule has 0 radical (unpaired) electrons. The molecule has 0 saturated heterocycles. The van der Waals surface area contributed by atoms with Gasteiger partial charge in [0.2, 0.25) is 0 Å². The summed E-state index contributed by atoms with van der Waals surface area (Å²) in [6, 6.07) is 5.17. The molecule has 1 nitrogen and oxygen atoms in total. The maximum absolute atomic E-state index is 13.9. The van der Waals surface area contributed by atoms with Crippen molar-refractivity contribution in [3.05, 3.63) is 35.1 Å². The number of ketones is 1. The number of rotatable bonds is 5. The summed E-state index contributed by atoms with van der Waals surface area (Å²) in [5.41, 5.74) is 1.28. The van der Waals surface area contributed by atoms with Crippen LogP contribution in [0.2, 0.25) is 0 Å². The van der Waals surface area contributed by atoms with Crippen molar-refractivity contribution in [1.29, 1.82) is 0 Å². The third-order valence-electron chi connectivity index (χ3n) is 4.66. The monoisotopic (exact) mass is 276 g/mol. The van der Waals surface area contributed by atoms with Gasteiger partial charge in [-0.3, -0.25) is 4.79 Å². The van der Waals surface area contributed by atoms with Gasteiger partial charge in [0.25, 0.3) is 0 Å². The van der Waals surface area contributed by atoms with E-state index in [0.29, 0.717) is 5.92 Å². The van der Waals surface area contributed by atoms with Gasteiger partial charge in [0.1, 0.15) is 5.82 Å². The minimum atomic E-state index is -0.358. The van der Waals surface area contributed by atoms with Crippen molar-refractivity contribution in [2.75, 3.05) is 0 Å². The molecule has 1 aromatic rings. The molecule has 20 heavy (non-hydrogen) atoms. The Hall–Kier alpha value is -1.18. The molecule has 1 saturated carbocycles. The second kappa shape index (κ2) is 7.01. The first kappa shape index (κ1) is 15.2. The third-order valence-corrected chi connectivity index (χ3v) is 4.66. The maximum atomic E-state index is 13.9. The van der Waals surface area contributed by atoms with Gasteiger partial charge in [-0.25, -0.2) is 4.39 Å². The van der Waals surface area contributed by atoms with Gasteiger partial charge >= 0.3 is 0 Å². The van der Waals surface area contributed by atoms with Gasteiger partial charge in [-0.15, -0.1) is 0 Å². The van der Waals surface area contributed by atoms with E-state index in [0.717, 1.165) is 24.3 Å². The van der Waals surface area contributed by atoms with Crippen LogP contribution in [0.4, 0.5) is 4.39 Å². The Kier molecular flexibility index (Phi) is 5.33. The summed E-state index contributed by atoms with van der Waals surface area (Å²) < 4.78 is 13.9. The molecular formula is C18H25FO. The predicted octanol–water partition coefficient (Wildman–Crippen LogP) is 5.49. The quantitative estimate of drug-likeness (QED) is 0.650. The number of halogens is 1. The topological polar surface area (TPSA) is 17.1 Å².